The Labute approximate surface area is 186 Å². The lowest BCUT2D eigenvalue weighted by Crippen LogP contribution is -2.34. The summed E-state index contributed by atoms with van der Waals surface area (Å²) in [6.45, 7) is 0.544. The summed E-state index contributed by atoms with van der Waals surface area (Å²) in [7, 11) is 1.57. The van der Waals surface area contributed by atoms with Gasteiger partial charge in [0.1, 0.15) is 10.8 Å². The molecule has 166 valence electrons. The number of rotatable bonds is 5. The number of anilines is 2. The Morgan fingerprint density at radius 3 is 2.53 bits per heavy atom. The topological polar surface area (TPSA) is 96.4 Å². The SMILES string of the molecule is COc1ccc(NC(=O)N2CCCC2c2nnc(C(=O)Nc3ccc(F)c(F)c3)s2)cc1. The van der Waals surface area contributed by atoms with Gasteiger partial charge < -0.3 is 20.3 Å². The summed E-state index contributed by atoms with van der Waals surface area (Å²) in [5, 5.41) is 13.9. The summed E-state index contributed by atoms with van der Waals surface area (Å²) >= 11 is 1.06. The second-order valence-corrected chi connectivity index (χ2v) is 8.05. The fourth-order valence-corrected chi connectivity index (χ4v) is 4.24. The van der Waals surface area contributed by atoms with Gasteiger partial charge in [0.15, 0.2) is 11.6 Å². The number of benzene rings is 2. The van der Waals surface area contributed by atoms with E-state index < -0.39 is 17.5 Å². The van der Waals surface area contributed by atoms with Crippen LogP contribution in [0, 0.1) is 11.6 Å². The van der Waals surface area contributed by atoms with E-state index >= 15 is 0 Å². The summed E-state index contributed by atoms with van der Waals surface area (Å²) in [5.74, 6) is -1.97. The van der Waals surface area contributed by atoms with E-state index in [1.54, 1.807) is 36.3 Å². The molecule has 1 fully saturated rings. The predicted molar refractivity (Wildman–Crippen MR) is 115 cm³/mol. The average molecular weight is 459 g/mol. The fraction of sp³-hybridized carbons (Fsp3) is 0.238. The third-order valence-electron chi connectivity index (χ3n) is 4.95. The van der Waals surface area contributed by atoms with E-state index in [0.717, 1.165) is 29.9 Å². The van der Waals surface area contributed by atoms with Crippen molar-refractivity contribution in [2.75, 3.05) is 24.3 Å². The van der Waals surface area contributed by atoms with Crippen molar-refractivity contribution in [3.63, 3.8) is 0 Å². The molecular weight excluding hydrogens is 440 g/mol. The van der Waals surface area contributed by atoms with Crippen molar-refractivity contribution in [2.45, 2.75) is 18.9 Å². The first-order valence-electron chi connectivity index (χ1n) is 9.76. The molecule has 1 atom stereocenters. The Kier molecular flexibility index (Phi) is 6.26. The van der Waals surface area contributed by atoms with Crippen LogP contribution in [0.2, 0.25) is 0 Å². The molecule has 1 aliphatic rings. The van der Waals surface area contributed by atoms with Gasteiger partial charge in [-0.05, 0) is 49.2 Å². The monoisotopic (exact) mass is 459 g/mol. The van der Waals surface area contributed by atoms with Gasteiger partial charge in [-0.15, -0.1) is 10.2 Å². The van der Waals surface area contributed by atoms with Crippen LogP contribution >= 0.6 is 11.3 Å². The number of nitrogens with one attached hydrogen (secondary N) is 2. The lowest BCUT2D eigenvalue weighted by atomic mass is 10.2. The number of hydrogen-bond donors (Lipinski definition) is 2. The van der Waals surface area contributed by atoms with Crippen molar-refractivity contribution < 1.29 is 23.1 Å². The molecule has 4 rings (SSSR count). The van der Waals surface area contributed by atoms with Crippen LogP contribution < -0.4 is 15.4 Å². The van der Waals surface area contributed by atoms with Crippen molar-refractivity contribution >= 4 is 34.6 Å². The second kappa shape index (κ2) is 9.27. The minimum Gasteiger partial charge on any atom is -0.497 e. The third kappa shape index (κ3) is 4.67. The molecule has 1 aromatic heterocycles. The number of hydrogen-bond acceptors (Lipinski definition) is 6. The Bertz CT molecular complexity index is 1140. The van der Waals surface area contributed by atoms with Crippen molar-refractivity contribution in [1.29, 1.82) is 0 Å². The van der Waals surface area contributed by atoms with Crippen LogP contribution in [-0.2, 0) is 0 Å². The van der Waals surface area contributed by atoms with Gasteiger partial charge in [-0.25, -0.2) is 13.6 Å². The number of methoxy groups -OCH3 is 1. The molecule has 0 spiro atoms. The van der Waals surface area contributed by atoms with Crippen molar-refractivity contribution in [2.24, 2.45) is 0 Å². The van der Waals surface area contributed by atoms with Crippen LogP contribution in [0.3, 0.4) is 0 Å². The van der Waals surface area contributed by atoms with Crippen molar-refractivity contribution in [3.05, 3.63) is 64.1 Å². The normalized spacial score (nSPS) is 15.5. The molecule has 2 N–H and O–H groups in total. The average Bonchev–Trinajstić information content (AvgIpc) is 3.46. The van der Waals surface area contributed by atoms with Gasteiger partial charge >= 0.3 is 6.03 Å². The van der Waals surface area contributed by atoms with Crippen molar-refractivity contribution in [3.8, 4) is 5.75 Å². The van der Waals surface area contributed by atoms with E-state index in [1.165, 1.54) is 6.07 Å². The number of carbonyl (C=O) groups excluding carboxylic acids is 2. The first-order valence-corrected chi connectivity index (χ1v) is 10.6. The minimum absolute atomic E-state index is 0.0622. The molecule has 0 bridgehead atoms. The molecule has 2 aromatic carbocycles. The highest BCUT2D eigenvalue weighted by molar-refractivity contribution is 7.13. The number of carbonyl (C=O) groups is 2. The lowest BCUT2D eigenvalue weighted by Gasteiger charge is -2.23. The largest absolute Gasteiger partial charge is 0.497 e. The number of ether oxygens (including phenoxy) is 1. The van der Waals surface area contributed by atoms with E-state index in [0.29, 0.717) is 29.4 Å². The van der Waals surface area contributed by atoms with E-state index in [2.05, 4.69) is 20.8 Å². The molecule has 2 heterocycles. The summed E-state index contributed by atoms with van der Waals surface area (Å²) in [6.07, 6.45) is 1.48. The molecular formula is C21H19F2N5O3S. The smallest absolute Gasteiger partial charge is 0.322 e. The fourth-order valence-electron chi connectivity index (χ4n) is 3.36. The number of likely N-dealkylation sites (tertiary alicyclic amines) is 1. The zero-order valence-corrected chi connectivity index (χ0v) is 17.8. The lowest BCUT2D eigenvalue weighted by molar-refractivity contribution is 0.102. The Morgan fingerprint density at radius 2 is 1.81 bits per heavy atom. The standard InChI is InChI=1S/C21H19F2N5O3S/c1-31-14-7-4-12(5-8-14)25-21(30)28-10-2-3-17(28)19-26-27-20(32-19)18(29)24-13-6-9-15(22)16(23)11-13/h4-9,11,17H,2-3,10H2,1H3,(H,24,29)(H,25,30). The van der Waals surface area contributed by atoms with Crippen LogP contribution in [0.25, 0.3) is 0 Å². The molecule has 1 saturated heterocycles. The molecule has 0 aliphatic carbocycles. The maximum Gasteiger partial charge on any atom is 0.322 e. The van der Waals surface area contributed by atoms with E-state index in [4.69, 9.17) is 4.74 Å². The molecule has 32 heavy (non-hydrogen) atoms. The molecule has 0 saturated carbocycles. The van der Waals surface area contributed by atoms with Crippen LogP contribution in [0.15, 0.2) is 42.5 Å². The van der Waals surface area contributed by atoms with Crippen LogP contribution in [0.4, 0.5) is 25.0 Å². The number of amides is 3. The highest BCUT2D eigenvalue weighted by atomic mass is 32.1. The number of halogens is 2. The number of aromatic nitrogens is 2. The third-order valence-corrected chi connectivity index (χ3v) is 5.98. The van der Waals surface area contributed by atoms with Gasteiger partial charge in [0.2, 0.25) is 5.01 Å². The Balaban J connectivity index is 1.43. The van der Waals surface area contributed by atoms with Crippen LogP contribution in [0.1, 0.15) is 33.7 Å². The van der Waals surface area contributed by atoms with E-state index in [9.17, 15) is 18.4 Å². The maximum absolute atomic E-state index is 13.4. The van der Waals surface area contributed by atoms with Crippen LogP contribution in [0.5, 0.6) is 5.75 Å². The molecule has 8 nitrogen and oxygen atoms in total. The van der Waals surface area contributed by atoms with Gasteiger partial charge in [-0.3, -0.25) is 4.79 Å². The van der Waals surface area contributed by atoms with Gasteiger partial charge in [0, 0.05) is 24.0 Å². The quantitative estimate of drug-likeness (QED) is 0.588. The summed E-state index contributed by atoms with van der Waals surface area (Å²) in [4.78, 5) is 26.9. The van der Waals surface area contributed by atoms with E-state index in [-0.39, 0.29) is 22.8 Å². The Hall–Kier alpha value is -3.60. The molecule has 0 radical (unpaired) electrons. The number of nitrogens with zero attached hydrogens (tertiary/aromatic N) is 3. The zero-order valence-electron chi connectivity index (χ0n) is 17.0. The van der Waals surface area contributed by atoms with Gasteiger partial charge in [0.25, 0.3) is 5.91 Å². The maximum atomic E-state index is 13.4. The molecule has 11 heteroatoms. The highest BCUT2D eigenvalue weighted by Gasteiger charge is 2.33. The van der Waals surface area contributed by atoms with E-state index in [1.807, 2.05) is 0 Å². The summed E-state index contributed by atoms with van der Waals surface area (Å²) < 4.78 is 31.5. The summed E-state index contributed by atoms with van der Waals surface area (Å²) in [6, 6.07) is 9.46. The first-order chi connectivity index (χ1) is 15.4. The molecule has 3 amide bonds. The minimum atomic E-state index is -1.06. The van der Waals surface area contributed by atoms with Crippen molar-refractivity contribution in [1.82, 2.24) is 15.1 Å². The van der Waals surface area contributed by atoms with Gasteiger partial charge in [0.05, 0.1) is 13.2 Å². The second-order valence-electron chi connectivity index (χ2n) is 7.04. The van der Waals surface area contributed by atoms with Gasteiger partial charge in [-0.2, -0.15) is 0 Å². The molecule has 1 unspecified atom stereocenters. The van der Waals surface area contributed by atoms with Crippen LogP contribution in [-0.4, -0.2) is 40.7 Å². The number of urea groups is 1. The zero-order chi connectivity index (χ0) is 22.7. The first kappa shape index (κ1) is 21.6. The predicted octanol–water partition coefficient (Wildman–Crippen LogP) is 4.45. The highest BCUT2D eigenvalue weighted by Crippen LogP contribution is 2.34. The molecule has 1 aliphatic heterocycles. The van der Waals surface area contributed by atoms with Gasteiger partial charge in [-0.1, -0.05) is 11.3 Å². The summed E-state index contributed by atoms with van der Waals surface area (Å²) in [5.41, 5.74) is 0.734. The molecule has 3 aromatic rings. The Morgan fingerprint density at radius 1 is 1.06 bits per heavy atom.